The van der Waals surface area contributed by atoms with Gasteiger partial charge in [0.25, 0.3) is 5.91 Å². The summed E-state index contributed by atoms with van der Waals surface area (Å²) in [7, 11) is 0. The number of rotatable bonds is 2. The average molecular weight is 259 g/mol. The molecular weight excluding hydrogens is 242 g/mol. The second-order valence-corrected chi connectivity index (χ2v) is 5.09. The van der Waals surface area contributed by atoms with E-state index >= 15 is 0 Å². The monoisotopic (exact) mass is 259 g/mol. The van der Waals surface area contributed by atoms with Crippen LogP contribution in [0.15, 0.2) is 34.7 Å². The molecule has 0 radical (unpaired) electrons. The Kier molecular flexibility index (Phi) is 3.25. The van der Waals surface area contributed by atoms with Crippen molar-refractivity contribution in [3.63, 3.8) is 0 Å². The molecule has 4 heteroatoms. The lowest BCUT2D eigenvalue weighted by molar-refractivity contribution is 0.0592. The van der Waals surface area contributed by atoms with Crippen molar-refractivity contribution >= 4 is 16.9 Å². The van der Waals surface area contributed by atoms with E-state index in [0.29, 0.717) is 12.3 Å². The number of carbonyl (C=O) groups excluding carboxylic acids is 1. The molecule has 0 aliphatic carbocycles. The molecule has 1 saturated heterocycles. The Hall–Kier alpha value is -1.81. The molecule has 0 bridgehead atoms. The Morgan fingerprint density at radius 1 is 1.42 bits per heavy atom. The molecule has 19 heavy (non-hydrogen) atoms. The Morgan fingerprint density at radius 2 is 2.26 bits per heavy atom. The number of likely N-dealkylation sites (tertiary alicyclic amines) is 1. The SMILES string of the molecule is O=C(c1cc2ccccc2o1)N1CCCC(CO)C1. The number of para-hydroxylation sites is 1. The van der Waals surface area contributed by atoms with E-state index in [9.17, 15) is 9.90 Å². The molecule has 2 heterocycles. The van der Waals surface area contributed by atoms with Gasteiger partial charge in [-0.25, -0.2) is 0 Å². The van der Waals surface area contributed by atoms with Gasteiger partial charge in [0.2, 0.25) is 0 Å². The van der Waals surface area contributed by atoms with Crippen molar-refractivity contribution in [3.05, 3.63) is 36.1 Å². The number of aliphatic hydroxyl groups is 1. The molecule has 1 N–H and O–H groups in total. The number of hydrogen-bond acceptors (Lipinski definition) is 3. The van der Waals surface area contributed by atoms with Gasteiger partial charge in [0.05, 0.1) is 0 Å². The fourth-order valence-electron chi connectivity index (χ4n) is 2.64. The standard InChI is InChI=1S/C15H17NO3/c17-10-11-4-3-7-16(9-11)15(18)14-8-12-5-1-2-6-13(12)19-14/h1-2,5-6,8,11,17H,3-4,7,9-10H2. The van der Waals surface area contributed by atoms with E-state index in [2.05, 4.69) is 0 Å². The largest absolute Gasteiger partial charge is 0.451 e. The van der Waals surface area contributed by atoms with Crippen molar-refractivity contribution in [3.8, 4) is 0 Å². The highest BCUT2D eigenvalue weighted by atomic mass is 16.3. The highest BCUT2D eigenvalue weighted by Gasteiger charge is 2.25. The van der Waals surface area contributed by atoms with Gasteiger partial charge < -0.3 is 14.4 Å². The maximum Gasteiger partial charge on any atom is 0.289 e. The predicted octanol–water partition coefficient (Wildman–Crippen LogP) is 2.28. The molecule has 0 saturated carbocycles. The number of carbonyl (C=O) groups is 1. The molecule has 0 spiro atoms. The van der Waals surface area contributed by atoms with Gasteiger partial charge in [-0.05, 0) is 30.9 Å². The maximum atomic E-state index is 12.4. The zero-order chi connectivity index (χ0) is 13.2. The van der Waals surface area contributed by atoms with Crippen molar-refractivity contribution < 1.29 is 14.3 Å². The summed E-state index contributed by atoms with van der Waals surface area (Å²) in [6, 6.07) is 9.40. The van der Waals surface area contributed by atoms with Gasteiger partial charge in [-0.3, -0.25) is 4.79 Å². The molecule has 1 atom stereocenters. The maximum absolute atomic E-state index is 12.4. The van der Waals surface area contributed by atoms with Crippen LogP contribution < -0.4 is 0 Å². The Balaban J connectivity index is 1.82. The number of furan rings is 1. The summed E-state index contributed by atoms with van der Waals surface area (Å²) >= 11 is 0. The van der Waals surface area contributed by atoms with E-state index in [0.717, 1.165) is 30.4 Å². The van der Waals surface area contributed by atoms with Crippen molar-refractivity contribution in [1.29, 1.82) is 0 Å². The van der Waals surface area contributed by atoms with Crippen molar-refractivity contribution in [2.24, 2.45) is 5.92 Å². The fraction of sp³-hybridized carbons (Fsp3) is 0.400. The second-order valence-electron chi connectivity index (χ2n) is 5.09. The predicted molar refractivity (Wildman–Crippen MR) is 71.9 cm³/mol. The minimum absolute atomic E-state index is 0.0747. The minimum atomic E-state index is -0.0747. The molecule has 100 valence electrons. The van der Waals surface area contributed by atoms with Gasteiger partial charge in [-0.1, -0.05) is 18.2 Å². The quantitative estimate of drug-likeness (QED) is 0.900. The molecule has 2 aromatic rings. The summed E-state index contributed by atoms with van der Waals surface area (Å²) < 4.78 is 5.60. The van der Waals surface area contributed by atoms with Crippen molar-refractivity contribution in [2.45, 2.75) is 12.8 Å². The Labute approximate surface area is 111 Å². The van der Waals surface area contributed by atoms with Crippen LogP contribution in [0, 0.1) is 5.92 Å². The van der Waals surface area contributed by atoms with Crippen molar-refractivity contribution in [2.75, 3.05) is 19.7 Å². The van der Waals surface area contributed by atoms with Crippen LogP contribution in [-0.4, -0.2) is 35.6 Å². The lowest BCUT2D eigenvalue weighted by atomic mass is 9.99. The summed E-state index contributed by atoms with van der Waals surface area (Å²) in [6.45, 7) is 1.50. The third-order valence-electron chi connectivity index (χ3n) is 3.70. The van der Waals surface area contributed by atoms with Crippen LogP contribution in [0.2, 0.25) is 0 Å². The van der Waals surface area contributed by atoms with Crippen LogP contribution in [0.3, 0.4) is 0 Å². The van der Waals surface area contributed by atoms with E-state index in [-0.39, 0.29) is 18.4 Å². The normalized spacial score (nSPS) is 19.8. The molecule has 1 aliphatic rings. The lowest BCUT2D eigenvalue weighted by Gasteiger charge is -2.31. The molecule has 3 rings (SSSR count). The number of aliphatic hydroxyl groups excluding tert-OH is 1. The number of amides is 1. The van der Waals surface area contributed by atoms with Crippen LogP contribution >= 0.6 is 0 Å². The van der Waals surface area contributed by atoms with E-state index in [1.807, 2.05) is 24.3 Å². The molecule has 4 nitrogen and oxygen atoms in total. The third kappa shape index (κ3) is 2.36. The zero-order valence-electron chi connectivity index (χ0n) is 10.7. The molecule has 1 amide bonds. The van der Waals surface area contributed by atoms with Gasteiger partial charge in [0.15, 0.2) is 5.76 Å². The number of piperidine rings is 1. The van der Waals surface area contributed by atoms with Gasteiger partial charge in [0.1, 0.15) is 5.58 Å². The van der Waals surface area contributed by atoms with Crippen LogP contribution in [0.1, 0.15) is 23.4 Å². The van der Waals surface area contributed by atoms with E-state index in [4.69, 9.17) is 4.42 Å². The first-order valence-electron chi connectivity index (χ1n) is 6.66. The fourth-order valence-corrected chi connectivity index (χ4v) is 2.64. The van der Waals surface area contributed by atoms with Gasteiger partial charge >= 0.3 is 0 Å². The van der Waals surface area contributed by atoms with Crippen LogP contribution in [0.25, 0.3) is 11.0 Å². The smallest absolute Gasteiger partial charge is 0.289 e. The highest BCUT2D eigenvalue weighted by Crippen LogP contribution is 2.22. The molecular formula is C15H17NO3. The summed E-state index contributed by atoms with van der Waals surface area (Å²) in [5.74, 6) is 0.510. The molecule has 1 aromatic heterocycles. The number of benzene rings is 1. The molecule has 1 aliphatic heterocycles. The minimum Gasteiger partial charge on any atom is -0.451 e. The van der Waals surface area contributed by atoms with Crippen LogP contribution in [0.5, 0.6) is 0 Å². The summed E-state index contributed by atoms with van der Waals surface area (Å²) in [4.78, 5) is 14.2. The van der Waals surface area contributed by atoms with Crippen LogP contribution in [-0.2, 0) is 0 Å². The summed E-state index contributed by atoms with van der Waals surface area (Å²) in [5.41, 5.74) is 0.738. The summed E-state index contributed by atoms with van der Waals surface area (Å²) in [5, 5.41) is 10.2. The van der Waals surface area contributed by atoms with Crippen LogP contribution in [0.4, 0.5) is 0 Å². The van der Waals surface area contributed by atoms with Gasteiger partial charge in [-0.15, -0.1) is 0 Å². The van der Waals surface area contributed by atoms with Crippen molar-refractivity contribution in [1.82, 2.24) is 4.90 Å². The Bertz CT molecular complexity index is 557. The second kappa shape index (κ2) is 5.05. The van der Waals surface area contributed by atoms with E-state index < -0.39 is 0 Å². The molecule has 1 aromatic carbocycles. The highest BCUT2D eigenvalue weighted by molar-refractivity contribution is 5.96. The molecule has 1 unspecified atom stereocenters. The first-order valence-corrected chi connectivity index (χ1v) is 6.66. The number of hydrogen-bond donors (Lipinski definition) is 1. The first kappa shape index (κ1) is 12.2. The van der Waals surface area contributed by atoms with E-state index in [1.54, 1.807) is 11.0 Å². The van der Waals surface area contributed by atoms with Gasteiger partial charge in [-0.2, -0.15) is 0 Å². The topological polar surface area (TPSA) is 53.7 Å². The van der Waals surface area contributed by atoms with E-state index in [1.165, 1.54) is 0 Å². The average Bonchev–Trinajstić information content (AvgIpc) is 2.90. The van der Waals surface area contributed by atoms with Gasteiger partial charge in [0, 0.05) is 25.1 Å². The molecule has 1 fully saturated rings. The lowest BCUT2D eigenvalue weighted by Crippen LogP contribution is -2.40. The third-order valence-corrected chi connectivity index (χ3v) is 3.70. The zero-order valence-corrected chi connectivity index (χ0v) is 10.7. The number of fused-ring (bicyclic) bond motifs is 1. The summed E-state index contributed by atoms with van der Waals surface area (Å²) in [6.07, 6.45) is 1.93. The number of nitrogens with zero attached hydrogens (tertiary/aromatic N) is 1. The Morgan fingerprint density at radius 3 is 3.05 bits per heavy atom. The first-order chi connectivity index (χ1) is 9.28.